The summed E-state index contributed by atoms with van der Waals surface area (Å²) in [4.78, 5) is 36.8. The molecule has 0 fully saturated rings. The molecule has 24 heavy (non-hydrogen) atoms. The first-order chi connectivity index (χ1) is 11.4. The lowest BCUT2D eigenvalue weighted by atomic mass is 10.1. The summed E-state index contributed by atoms with van der Waals surface area (Å²) in [5.74, 6) is -0.595. The van der Waals surface area contributed by atoms with Crippen molar-refractivity contribution in [3.8, 4) is 5.75 Å². The van der Waals surface area contributed by atoms with Crippen LogP contribution in [-0.4, -0.2) is 56.5 Å². The summed E-state index contributed by atoms with van der Waals surface area (Å²) in [6, 6.07) is 6.72. The fraction of sp³-hybridized carbons (Fsp3) is 0.471. The minimum Gasteiger partial charge on any atom is -0.497 e. The fourth-order valence-electron chi connectivity index (χ4n) is 2.17. The quantitative estimate of drug-likeness (QED) is 0.718. The summed E-state index contributed by atoms with van der Waals surface area (Å²) in [5, 5.41) is 2.65. The molecule has 0 saturated heterocycles. The Balaban J connectivity index is 2.85. The number of carbonyl (C=O) groups is 3. The number of nitrogens with one attached hydrogen (secondary N) is 1. The third kappa shape index (κ3) is 5.91. The van der Waals surface area contributed by atoms with Crippen LogP contribution >= 0.6 is 0 Å². The van der Waals surface area contributed by atoms with Crippen LogP contribution in [0, 0.1) is 5.92 Å². The molecule has 0 heterocycles. The Hall–Kier alpha value is -2.57. The Labute approximate surface area is 141 Å². The molecule has 0 aromatic heterocycles. The first-order valence-electron chi connectivity index (χ1n) is 7.64. The number of methoxy groups -OCH3 is 2. The summed E-state index contributed by atoms with van der Waals surface area (Å²) in [6.07, 6.45) is 0. The van der Waals surface area contributed by atoms with Crippen LogP contribution in [0.2, 0.25) is 0 Å². The van der Waals surface area contributed by atoms with E-state index in [-0.39, 0.29) is 24.3 Å². The maximum absolute atomic E-state index is 12.7. The highest BCUT2D eigenvalue weighted by Gasteiger charge is 2.22. The number of ether oxygens (including phenoxy) is 2. The first kappa shape index (κ1) is 19.5. The summed E-state index contributed by atoms with van der Waals surface area (Å²) in [7, 11) is 2.86. The van der Waals surface area contributed by atoms with Crippen molar-refractivity contribution in [1.82, 2.24) is 10.2 Å². The largest absolute Gasteiger partial charge is 0.497 e. The van der Waals surface area contributed by atoms with E-state index in [1.807, 2.05) is 0 Å². The van der Waals surface area contributed by atoms with Crippen LogP contribution in [-0.2, 0) is 14.3 Å². The van der Waals surface area contributed by atoms with Gasteiger partial charge in [0.2, 0.25) is 5.91 Å². The number of nitrogens with zero attached hydrogens (tertiary/aromatic N) is 1. The number of rotatable bonds is 8. The molecule has 0 aliphatic carbocycles. The van der Waals surface area contributed by atoms with E-state index in [9.17, 15) is 14.4 Å². The van der Waals surface area contributed by atoms with E-state index in [2.05, 4.69) is 5.32 Å². The summed E-state index contributed by atoms with van der Waals surface area (Å²) >= 11 is 0. The van der Waals surface area contributed by atoms with Gasteiger partial charge in [-0.05, 0) is 24.3 Å². The molecule has 0 saturated carbocycles. The van der Waals surface area contributed by atoms with E-state index < -0.39 is 5.92 Å². The summed E-state index contributed by atoms with van der Waals surface area (Å²) in [5.41, 5.74) is 0.482. The number of esters is 1. The lowest BCUT2D eigenvalue weighted by molar-refractivity contribution is -0.145. The number of amides is 2. The van der Waals surface area contributed by atoms with E-state index in [1.54, 1.807) is 38.3 Å². The third-order valence-electron chi connectivity index (χ3n) is 3.48. The van der Waals surface area contributed by atoms with Crippen molar-refractivity contribution in [2.24, 2.45) is 5.92 Å². The molecule has 1 rings (SSSR count). The van der Waals surface area contributed by atoms with Gasteiger partial charge in [0.15, 0.2) is 0 Å². The van der Waals surface area contributed by atoms with Gasteiger partial charge in [0.05, 0.1) is 20.1 Å². The Bertz CT molecular complexity index is 571. The average Bonchev–Trinajstić information content (AvgIpc) is 2.59. The molecule has 1 aromatic rings. The standard InChI is InChI=1S/C17H24N2O5/c1-12(17(22)24-4)11-19(10-9-18-13(2)20)16(21)14-5-7-15(23-3)8-6-14/h5-8,12H,9-11H2,1-4H3,(H,18,20). The van der Waals surface area contributed by atoms with E-state index >= 15 is 0 Å². The second-order valence-electron chi connectivity index (χ2n) is 5.39. The van der Waals surface area contributed by atoms with Crippen LogP contribution in [0.5, 0.6) is 5.75 Å². The van der Waals surface area contributed by atoms with E-state index in [4.69, 9.17) is 9.47 Å². The maximum Gasteiger partial charge on any atom is 0.310 e. The lowest BCUT2D eigenvalue weighted by Gasteiger charge is -2.25. The van der Waals surface area contributed by atoms with Gasteiger partial charge < -0.3 is 19.7 Å². The van der Waals surface area contributed by atoms with Crippen molar-refractivity contribution in [2.75, 3.05) is 33.9 Å². The van der Waals surface area contributed by atoms with Gasteiger partial charge in [0.1, 0.15) is 5.75 Å². The number of hydrogen-bond donors (Lipinski definition) is 1. The molecule has 7 heteroatoms. The van der Waals surface area contributed by atoms with Gasteiger partial charge in [0.25, 0.3) is 5.91 Å². The van der Waals surface area contributed by atoms with Crippen molar-refractivity contribution in [2.45, 2.75) is 13.8 Å². The molecule has 0 bridgehead atoms. The highest BCUT2D eigenvalue weighted by molar-refractivity contribution is 5.94. The van der Waals surface area contributed by atoms with Crippen LogP contribution in [0.25, 0.3) is 0 Å². The molecule has 1 aromatic carbocycles. The van der Waals surface area contributed by atoms with Crippen molar-refractivity contribution in [3.63, 3.8) is 0 Å². The highest BCUT2D eigenvalue weighted by atomic mass is 16.5. The topological polar surface area (TPSA) is 84.9 Å². The van der Waals surface area contributed by atoms with E-state index in [1.165, 1.54) is 18.9 Å². The Morgan fingerprint density at radius 1 is 1.17 bits per heavy atom. The Kier molecular flexibility index (Phi) is 7.74. The fourth-order valence-corrected chi connectivity index (χ4v) is 2.17. The summed E-state index contributed by atoms with van der Waals surface area (Å²) in [6.45, 7) is 3.92. The van der Waals surface area contributed by atoms with Gasteiger partial charge in [-0.1, -0.05) is 6.92 Å². The van der Waals surface area contributed by atoms with Crippen LogP contribution in [0.3, 0.4) is 0 Å². The molecular formula is C17H24N2O5. The smallest absolute Gasteiger partial charge is 0.310 e. The summed E-state index contributed by atoms with van der Waals surface area (Å²) < 4.78 is 9.79. The molecule has 2 amide bonds. The SMILES string of the molecule is COC(=O)C(C)CN(CCNC(C)=O)C(=O)c1ccc(OC)cc1. The Morgan fingerprint density at radius 2 is 1.79 bits per heavy atom. The number of benzene rings is 1. The van der Waals surface area contributed by atoms with Crippen LogP contribution < -0.4 is 10.1 Å². The second-order valence-corrected chi connectivity index (χ2v) is 5.39. The zero-order chi connectivity index (χ0) is 18.1. The van der Waals surface area contributed by atoms with Crippen molar-refractivity contribution >= 4 is 17.8 Å². The van der Waals surface area contributed by atoms with Crippen molar-refractivity contribution in [3.05, 3.63) is 29.8 Å². The van der Waals surface area contributed by atoms with Gasteiger partial charge in [-0.3, -0.25) is 14.4 Å². The first-order valence-corrected chi connectivity index (χ1v) is 7.64. The van der Waals surface area contributed by atoms with Gasteiger partial charge >= 0.3 is 5.97 Å². The normalized spacial score (nSPS) is 11.3. The number of carbonyl (C=O) groups excluding carboxylic acids is 3. The van der Waals surface area contributed by atoms with Gasteiger partial charge in [-0.25, -0.2) is 0 Å². The Morgan fingerprint density at radius 3 is 2.29 bits per heavy atom. The minimum absolute atomic E-state index is 0.173. The molecule has 0 aliphatic rings. The molecule has 0 aliphatic heterocycles. The zero-order valence-corrected chi connectivity index (χ0v) is 14.5. The van der Waals surface area contributed by atoms with Crippen LogP contribution in [0.4, 0.5) is 0 Å². The third-order valence-corrected chi connectivity index (χ3v) is 3.48. The minimum atomic E-state index is -0.463. The van der Waals surface area contributed by atoms with Gasteiger partial charge in [-0.15, -0.1) is 0 Å². The zero-order valence-electron chi connectivity index (χ0n) is 14.5. The molecule has 7 nitrogen and oxygen atoms in total. The van der Waals surface area contributed by atoms with Crippen LogP contribution in [0.15, 0.2) is 24.3 Å². The van der Waals surface area contributed by atoms with Gasteiger partial charge in [-0.2, -0.15) is 0 Å². The lowest BCUT2D eigenvalue weighted by Crippen LogP contribution is -2.41. The molecule has 1 unspecified atom stereocenters. The average molecular weight is 336 g/mol. The molecule has 1 atom stereocenters. The predicted molar refractivity (Wildman–Crippen MR) is 88.8 cm³/mol. The second kappa shape index (κ2) is 9.54. The van der Waals surface area contributed by atoms with Gasteiger partial charge in [0, 0.05) is 32.1 Å². The maximum atomic E-state index is 12.7. The highest BCUT2D eigenvalue weighted by Crippen LogP contribution is 2.14. The van der Waals surface area contributed by atoms with Crippen LogP contribution in [0.1, 0.15) is 24.2 Å². The van der Waals surface area contributed by atoms with Crippen molar-refractivity contribution in [1.29, 1.82) is 0 Å². The predicted octanol–water partition coefficient (Wildman–Crippen LogP) is 1.08. The molecular weight excluding hydrogens is 312 g/mol. The molecule has 132 valence electrons. The van der Waals surface area contributed by atoms with Crippen molar-refractivity contribution < 1.29 is 23.9 Å². The molecule has 0 radical (unpaired) electrons. The monoisotopic (exact) mass is 336 g/mol. The van der Waals surface area contributed by atoms with E-state index in [0.29, 0.717) is 24.4 Å². The van der Waals surface area contributed by atoms with E-state index in [0.717, 1.165) is 0 Å². The number of hydrogen-bond acceptors (Lipinski definition) is 5. The molecule has 1 N–H and O–H groups in total. The molecule has 0 spiro atoms.